The molecule has 0 aliphatic carbocycles. The molecule has 0 radical (unpaired) electrons. The highest BCUT2D eigenvalue weighted by Crippen LogP contribution is 2.21. The molecule has 0 saturated carbocycles. The summed E-state index contributed by atoms with van der Waals surface area (Å²) in [4.78, 5) is 21.8. The lowest BCUT2D eigenvalue weighted by Crippen LogP contribution is -2.23. The van der Waals surface area contributed by atoms with Crippen molar-refractivity contribution in [1.82, 2.24) is 0 Å². The lowest BCUT2D eigenvalue weighted by molar-refractivity contribution is -0.146. The van der Waals surface area contributed by atoms with Crippen LogP contribution in [0.5, 0.6) is 0 Å². The normalized spacial score (nSPS) is 28.0. The molecule has 0 aromatic heterocycles. The van der Waals surface area contributed by atoms with Crippen LogP contribution >= 0.6 is 0 Å². The molecule has 4 atom stereocenters. The molecule has 4 unspecified atom stereocenters. The van der Waals surface area contributed by atoms with Gasteiger partial charge in [-0.25, -0.2) is 4.79 Å². The van der Waals surface area contributed by atoms with E-state index < -0.39 is 5.97 Å². The van der Waals surface area contributed by atoms with Crippen molar-refractivity contribution >= 4 is 11.9 Å². The quantitative estimate of drug-likeness (QED) is 0.232. The van der Waals surface area contributed by atoms with Crippen LogP contribution in [0.2, 0.25) is 0 Å². The van der Waals surface area contributed by atoms with Crippen molar-refractivity contribution < 1.29 is 38.0 Å². The predicted molar refractivity (Wildman–Crippen MR) is 90.4 cm³/mol. The minimum atomic E-state index is -0.439. The highest BCUT2D eigenvalue weighted by Gasteiger charge is 2.27. The Kier molecular flexibility index (Phi) is 9.04. The van der Waals surface area contributed by atoms with Crippen molar-refractivity contribution in [3.63, 3.8) is 0 Å². The highest BCUT2D eigenvalue weighted by atomic mass is 16.7. The lowest BCUT2D eigenvalue weighted by atomic mass is 10.2. The maximum Gasteiger partial charge on any atom is 0.330 e. The Labute approximate surface area is 153 Å². The molecule has 8 heteroatoms. The zero-order valence-electron chi connectivity index (χ0n) is 15.2. The van der Waals surface area contributed by atoms with Gasteiger partial charge in [-0.3, -0.25) is 4.79 Å². The fourth-order valence-electron chi connectivity index (χ4n) is 2.91. The van der Waals surface area contributed by atoms with Gasteiger partial charge in [0.25, 0.3) is 0 Å². The van der Waals surface area contributed by atoms with Gasteiger partial charge in [-0.1, -0.05) is 6.58 Å². The average molecular weight is 372 g/mol. The molecule has 8 nitrogen and oxygen atoms in total. The van der Waals surface area contributed by atoms with Gasteiger partial charge in [0.1, 0.15) is 20.0 Å². The van der Waals surface area contributed by atoms with Gasteiger partial charge in [0.2, 0.25) is 0 Å². The van der Waals surface area contributed by atoms with Gasteiger partial charge in [-0.15, -0.1) is 0 Å². The number of hydrogen-bond donors (Lipinski definition) is 0. The van der Waals surface area contributed by atoms with Crippen LogP contribution in [-0.4, -0.2) is 69.6 Å². The molecule has 26 heavy (non-hydrogen) atoms. The molecule has 2 saturated heterocycles. The second-order valence-electron chi connectivity index (χ2n) is 6.41. The SMILES string of the molecule is C=CC(=O)OCC1CCC(COCOCC2CCC(COC(C)=O)O2)O1. The molecule has 0 bridgehead atoms. The van der Waals surface area contributed by atoms with Gasteiger partial charge < -0.3 is 28.4 Å². The first kappa shape index (κ1) is 20.8. The number of rotatable bonds is 11. The molecule has 0 amide bonds. The summed E-state index contributed by atoms with van der Waals surface area (Å²) in [6.07, 6.45) is 4.42. The van der Waals surface area contributed by atoms with E-state index in [0.29, 0.717) is 19.8 Å². The number of carbonyl (C=O) groups is 2. The Hall–Kier alpha value is -1.48. The third-order valence-electron chi connectivity index (χ3n) is 4.22. The van der Waals surface area contributed by atoms with Gasteiger partial charge in [0, 0.05) is 13.0 Å². The van der Waals surface area contributed by atoms with E-state index in [2.05, 4.69) is 6.58 Å². The molecule has 148 valence electrons. The third kappa shape index (κ3) is 7.82. The van der Waals surface area contributed by atoms with E-state index in [-0.39, 0.29) is 43.8 Å². The standard InChI is InChI=1S/C18H28O8/c1-3-18(20)24-11-17-7-5-15(26-17)9-22-12-21-8-14-4-6-16(25-14)10-23-13(2)19/h3,14-17H,1,4-12H2,2H3. The van der Waals surface area contributed by atoms with Crippen LogP contribution in [0.15, 0.2) is 12.7 Å². The summed E-state index contributed by atoms with van der Waals surface area (Å²) >= 11 is 0. The molecule has 0 aromatic rings. The van der Waals surface area contributed by atoms with Crippen molar-refractivity contribution in [1.29, 1.82) is 0 Å². The van der Waals surface area contributed by atoms with Crippen LogP contribution in [-0.2, 0) is 38.0 Å². The third-order valence-corrected chi connectivity index (χ3v) is 4.22. The maximum absolute atomic E-state index is 11.0. The second kappa shape index (κ2) is 11.3. The largest absolute Gasteiger partial charge is 0.463 e. The maximum atomic E-state index is 11.0. The zero-order valence-corrected chi connectivity index (χ0v) is 15.2. The monoisotopic (exact) mass is 372 g/mol. The van der Waals surface area contributed by atoms with Crippen LogP contribution in [0, 0.1) is 0 Å². The number of ether oxygens (including phenoxy) is 6. The van der Waals surface area contributed by atoms with Crippen LogP contribution in [0.25, 0.3) is 0 Å². The molecule has 0 aromatic carbocycles. The van der Waals surface area contributed by atoms with Crippen molar-refractivity contribution in [2.45, 2.75) is 57.0 Å². The summed E-state index contributed by atoms with van der Waals surface area (Å²) < 4.78 is 32.3. The van der Waals surface area contributed by atoms with Gasteiger partial charge in [-0.2, -0.15) is 0 Å². The van der Waals surface area contributed by atoms with Crippen LogP contribution < -0.4 is 0 Å². The van der Waals surface area contributed by atoms with Gasteiger partial charge in [-0.05, 0) is 25.7 Å². The first-order valence-electron chi connectivity index (χ1n) is 8.95. The van der Waals surface area contributed by atoms with Crippen LogP contribution in [0.1, 0.15) is 32.6 Å². The molecule has 2 aliphatic rings. The fraction of sp³-hybridized carbons (Fsp3) is 0.778. The number of esters is 2. The Morgan fingerprint density at radius 2 is 1.35 bits per heavy atom. The van der Waals surface area contributed by atoms with E-state index in [4.69, 9.17) is 28.4 Å². The molecular weight excluding hydrogens is 344 g/mol. The molecule has 2 rings (SSSR count). The first-order chi connectivity index (χ1) is 12.6. The summed E-state index contributed by atoms with van der Waals surface area (Å²) in [5, 5.41) is 0. The summed E-state index contributed by atoms with van der Waals surface area (Å²) in [6, 6.07) is 0. The van der Waals surface area contributed by atoms with Gasteiger partial charge in [0.05, 0.1) is 37.6 Å². The summed E-state index contributed by atoms with van der Waals surface area (Å²) in [5.41, 5.74) is 0. The molecule has 2 fully saturated rings. The van der Waals surface area contributed by atoms with Crippen molar-refractivity contribution in [2.75, 3.05) is 33.2 Å². The molecule has 0 N–H and O–H groups in total. The topological polar surface area (TPSA) is 89.5 Å². The second-order valence-corrected chi connectivity index (χ2v) is 6.41. The van der Waals surface area contributed by atoms with Crippen molar-refractivity contribution in [3.05, 3.63) is 12.7 Å². The lowest BCUT2D eigenvalue weighted by Gasteiger charge is -2.15. The average Bonchev–Trinajstić information content (AvgIpc) is 3.27. The van der Waals surface area contributed by atoms with Gasteiger partial charge >= 0.3 is 11.9 Å². The van der Waals surface area contributed by atoms with E-state index in [1.165, 1.54) is 6.92 Å². The minimum Gasteiger partial charge on any atom is -0.463 e. The number of carbonyl (C=O) groups excluding carboxylic acids is 2. The van der Waals surface area contributed by atoms with Crippen molar-refractivity contribution in [3.8, 4) is 0 Å². The van der Waals surface area contributed by atoms with E-state index in [9.17, 15) is 9.59 Å². The molecule has 2 heterocycles. The fourth-order valence-corrected chi connectivity index (χ4v) is 2.91. The Bertz CT molecular complexity index is 466. The van der Waals surface area contributed by atoms with Crippen molar-refractivity contribution in [2.24, 2.45) is 0 Å². The Morgan fingerprint density at radius 1 is 0.885 bits per heavy atom. The Balaban J connectivity index is 1.45. The molecule has 2 aliphatic heterocycles. The summed E-state index contributed by atoms with van der Waals surface area (Å²) in [5.74, 6) is -0.733. The minimum absolute atomic E-state index is 0.00538. The van der Waals surface area contributed by atoms with Crippen LogP contribution in [0.4, 0.5) is 0 Å². The predicted octanol–water partition coefficient (Wildman–Crippen LogP) is 1.36. The number of hydrogen-bond acceptors (Lipinski definition) is 8. The smallest absolute Gasteiger partial charge is 0.330 e. The molecule has 0 spiro atoms. The van der Waals surface area contributed by atoms with E-state index in [1.54, 1.807) is 0 Å². The van der Waals surface area contributed by atoms with Gasteiger partial charge in [0.15, 0.2) is 0 Å². The highest BCUT2D eigenvalue weighted by molar-refractivity contribution is 5.81. The van der Waals surface area contributed by atoms with E-state index in [1.807, 2.05) is 0 Å². The molecular formula is C18H28O8. The zero-order chi connectivity index (χ0) is 18.8. The van der Waals surface area contributed by atoms with E-state index in [0.717, 1.165) is 31.8 Å². The van der Waals surface area contributed by atoms with E-state index >= 15 is 0 Å². The summed E-state index contributed by atoms with van der Waals surface area (Å²) in [6.45, 7) is 6.33. The van der Waals surface area contributed by atoms with Crippen LogP contribution in [0.3, 0.4) is 0 Å². The first-order valence-corrected chi connectivity index (χ1v) is 8.95. The summed E-state index contributed by atoms with van der Waals surface area (Å²) in [7, 11) is 0. The Morgan fingerprint density at radius 3 is 1.81 bits per heavy atom.